The summed E-state index contributed by atoms with van der Waals surface area (Å²) in [5.74, 6) is 0.565. The van der Waals surface area contributed by atoms with Gasteiger partial charge in [0.15, 0.2) is 0 Å². The largest absolute Gasteiger partial charge is 0.493 e. The van der Waals surface area contributed by atoms with Gasteiger partial charge in [0.1, 0.15) is 0 Å². The highest BCUT2D eigenvalue weighted by atomic mass is 16.3. The van der Waals surface area contributed by atoms with Crippen LogP contribution in [0.2, 0.25) is 0 Å². The van der Waals surface area contributed by atoms with Gasteiger partial charge in [-0.3, -0.25) is 0 Å². The zero-order valence-electron chi connectivity index (χ0n) is 12.1. The zero-order valence-corrected chi connectivity index (χ0v) is 12.1. The third-order valence-electron chi connectivity index (χ3n) is 3.37. The highest BCUT2D eigenvalue weighted by Crippen LogP contribution is 2.36. The molecule has 0 atom stereocenters. The van der Waals surface area contributed by atoms with Crippen LogP contribution in [0.25, 0.3) is 11.3 Å². The van der Waals surface area contributed by atoms with Crippen LogP contribution in [0.5, 0.6) is 5.88 Å². The highest BCUT2D eigenvalue weighted by Gasteiger charge is 2.21. The number of benzene rings is 1. The molecular formula is C16H22N2O. The maximum atomic E-state index is 10.4. The molecule has 3 nitrogen and oxygen atoms in total. The summed E-state index contributed by atoms with van der Waals surface area (Å²) in [5.41, 5.74) is 4.16. The predicted octanol–water partition coefficient (Wildman–Crippen LogP) is 4.10. The molecule has 2 aromatic rings. The zero-order chi connectivity index (χ0) is 14.0. The Balaban J connectivity index is 2.62. The first kappa shape index (κ1) is 13.7. The Kier molecular flexibility index (Phi) is 3.93. The van der Waals surface area contributed by atoms with Crippen molar-refractivity contribution in [2.45, 2.75) is 46.6 Å². The van der Waals surface area contributed by atoms with E-state index in [0.29, 0.717) is 5.88 Å². The van der Waals surface area contributed by atoms with Gasteiger partial charge in [-0.2, -0.15) is 5.10 Å². The fourth-order valence-corrected chi connectivity index (χ4v) is 2.40. The van der Waals surface area contributed by atoms with Crippen molar-refractivity contribution in [3.63, 3.8) is 0 Å². The van der Waals surface area contributed by atoms with E-state index in [1.807, 2.05) is 12.1 Å². The number of aromatic hydroxyl groups is 1. The van der Waals surface area contributed by atoms with Gasteiger partial charge in [-0.05, 0) is 24.8 Å². The van der Waals surface area contributed by atoms with Gasteiger partial charge in [0.25, 0.3) is 0 Å². The molecule has 0 saturated heterocycles. The lowest BCUT2D eigenvalue weighted by Gasteiger charge is -2.08. The smallest absolute Gasteiger partial charge is 0.213 e. The first-order valence-electron chi connectivity index (χ1n) is 6.91. The number of hydrogen-bond acceptors (Lipinski definition) is 2. The minimum Gasteiger partial charge on any atom is -0.493 e. The minimum absolute atomic E-state index is 0.250. The molecule has 0 amide bonds. The summed E-state index contributed by atoms with van der Waals surface area (Å²) >= 11 is 0. The van der Waals surface area contributed by atoms with E-state index in [2.05, 4.69) is 44.9 Å². The first-order valence-corrected chi connectivity index (χ1v) is 6.91. The van der Waals surface area contributed by atoms with E-state index < -0.39 is 0 Å². The predicted molar refractivity (Wildman–Crippen MR) is 78.4 cm³/mol. The fourth-order valence-electron chi connectivity index (χ4n) is 2.40. The topological polar surface area (TPSA) is 38.0 Å². The number of aryl methyl sites for hydroxylation is 2. The summed E-state index contributed by atoms with van der Waals surface area (Å²) in [6.07, 6.45) is 0.958. The second kappa shape index (κ2) is 5.47. The first-order chi connectivity index (χ1) is 9.06. The van der Waals surface area contributed by atoms with E-state index in [4.69, 9.17) is 0 Å². The van der Waals surface area contributed by atoms with Crippen LogP contribution in [0.3, 0.4) is 0 Å². The van der Waals surface area contributed by atoms with Crippen molar-refractivity contribution in [2.24, 2.45) is 0 Å². The second-order valence-corrected chi connectivity index (χ2v) is 5.28. The molecule has 1 N–H and O–H groups in total. The SMILES string of the molecule is CCCn1nc(-c2ccccc2C)c(C(C)C)c1O. The molecule has 0 radical (unpaired) electrons. The van der Waals surface area contributed by atoms with Gasteiger partial charge in [0.2, 0.25) is 5.88 Å². The van der Waals surface area contributed by atoms with Gasteiger partial charge < -0.3 is 5.11 Å². The van der Waals surface area contributed by atoms with Gasteiger partial charge in [-0.1, -0.05) is 45.0 Å². The monoisotopic (exact) mass is 258 g/mol. The summed E-state index contributed by atoms with van der Waals surface area (Å²) in [7, 11) is 0. The van der Waals surface area contributed by atoms with Crippen LogP contribution in [-0.2, 0) is 6.54 Å². The minimum atomic E-state index is 0.250. The molecule has 0 unspecified atom stereocenters. The molecule has 102 valence electrons. The molecule has 0 bridgehead atoms. The lowest BCUT2D eigenvalue weighted by Crippen LogP contribution is -1.98. The molecule has 1 aromatic heterocycles. The summed E-state index contributed by atoms with van der Waals surface area (Å²) in [6, 6.07) is 8.19. The van der Waals surface area contributed by atoms with E-state index in [-0.39, 0.29) is 5.92 Å². The molecule has 0 fully saturated rings. The van der Waals surface area contributed by atoms with Crippen LogP contribution < -0.4 is 0 Å². The van der Waals surface area contributed by atoms with E-state index in [1.165, 1.54) is 5.56 Å². The van der Waals surface area contributed by atoms with Crippen molar-refractivity contribution < 1.29 is 5.11 Å². The van der Waals surface area contributed by atoms with Crippen LogP contribution in [0.1, 0.15) is 44.2 Å². The Labute approximate surface area is 114 Å². The van der Waals surface area contributed by atoms with E-state index in [1.54, 1.807) is 4.68 Å². The van der Waals surface area contributed by atoms with Crippen LogP contribution in [-0.4, -0.2) is 14.9 Å². The van der Waals surface area contributed by atoms with Crippen molar-refractivity contribution >= 4 is 0 Å². The van der Waals surface area contributed by atoms with Gasteiger partial charge in [-0.25, -0.2) is 4.68 Å². The summed E-state index contributed by atoms with van der Waals surface area (Å²) < 4.78 is 1.72. The van der Waals surface area contributed by atoms with Crippen LogP contribution >= 0.6 is 0 Å². The molecule has 1 heterocycles. The fraction of sp³-hybridized carbons (Fsp3) is 0.438. The molecule has 0 aliphatic carbocycles. The Morgan fingerprint density at radius 2 is 1.95 bits per heavy atom. The van der Waals surface area contributed by atoms with Crippen LogP contribution in [0, 0.1) is 6.92 Å². The maximum Gasteiger partial charge on any atom is 0.213 e. The molecule has 2 rings (SSSR count). The highest BCUT2D eigenvalue weighted by molar-refractivity contribution is 5.69. The number of rotatable bonds is 4. The van der Waals surface area contributed by atoms with Crippen LogP contribution in [0.15, 0.2) is 24.3 Å². The standard InChI is InChI=1S/C16H22N2O/c1-5-10-18-16(19)14(11(2)3)15(17-18)13-9-7-6-8-12(13)4/h6-9,11,19H,5,10H2,1-4H3. The van der Waals surface area contributed by atoms with Crippen molar-refractivity contribution in [3.05, 3.63) is 35.4 Å². The lowest BCUT2D eigenvalue weighted by molar-refractivity contribution is 0.391. The summed E-state index contributed by atoms with van der Waals surface area (Å²) in [5, 5.41) is 15.0. The molecular weight excluding hydrogens is 236 g/mol. The molecule has 0 saturated carbocycles. The number of hydrogen-bond donors (Lipinski definition) is 1. The van der Waals surface area contributed by atoms with E-state index in [9.17, 15) is 5.11 Å². The molecule has 1 aromatic carbocycles. The summed E-state index contributed by atoms with van der Waals surface area (Å²) in [6.45, 7) is 9.10. The van der Waals surface area contributed by atoms with Crippen molar-refractivity contribution in [1.82, 2.24) is 9.78 Å². The van der Waals surface area contributed by atoms with Gasteiger partial charge in [-0.15, -0.1) is 0 Å². The van der Waals surface area contributed by atoms with Gasteiger partial charge >= 0.3 is 0 Å². The lowest BCUT2D eigenvalue weighted by atomic mass is 9.96. The quantitative estimate of drug-likeness (QED) is 0.896. The van der Waals surface area contributed by atoms with Crippen LogP contribution in [0.4, 0.5) is 0 Å². The third-order valence-corrected chi connectivity index (χ3v) is 3.37. The normalized spacial score (nSPS) is 11.2. The Bertz CT molecular complexity index is 570. The number of nitrogens with zero attached hydrogens (tertiary/aromatic N) is 2. The Morgan fingerprint density at radius 3 is 2.53 bits per heavy atom. The van der Waals surface area contributed by atoms with E-state index in [0.717, 1.165) is 29.8 Å². The molecule has 19 heavy (non-hydrogen) atoms. The van der Waals surface area contributed by atoms with Crippen molar-refractivity contribution in [1.29, 1.82) is 0 Å². The third kappa shape index (κ3) is 2.50. The Morgan fingerprint density at radius 1 is 1.26 bits per heavy atom. The molecule has 0 spiro atoms. The molecule has 0 aliphatic heterocycles. The molecule has 3 heteroatoms. The average Bonchev–Trinajstić information content (AvgIpc) is 2.68. The van der Waals surface area contributed by atoms with Crippen molar-refractivity contribution in [2.75, 3.05) is 0 Å². The van der Waals surface area contributed by atoms with Crippen molar-refractivity contribution in [3.8, 4) is 17.1 Å². The van der Waals surface area contributed by atoms with Gasteiger partial charge in [0, 0.05) is 17.7 Å². The van der Waals surface area contributed by atoms with E-state index >= 15 is 0 Å². The molecule has 0 aliphatic rings. The Hall–Kier alpha value is -1.77. The second-order valence-electron chi connectivity index (χ2n) is 5.28. The van der Waals surface area contributed by atoms with Gasteiger partial charge in [0.05, 0.1) is 5.69 Å². The summed E-state index contributed by atoms with van der Waals surface area (Å²) in [4.78, 5) is 0. The number of aromatic nitrogens is 2. The average molecular weight is 258 g/mol. The maximum absolute atomic E-state index is 10.4.